The summed E-state index contributed by atoms with van der Waals surface area (Å²) in [7, 11) is 1.31. The van der Waals surface area contributed by atoms with Gasteiger partial charge in [0, 0.05) is 6.54 Å². The molecule has 1 saturated heterocycles. The summed E-state index contributed by atoms with van der Waals surface area (Å²) in [6, 6.07) is 0. The summed E-state index contributed by atoms with van der Waals surface area (Å²) in [6.07, 6.45) is -4.34. The van der Waals surface area contributed by atoms with Crippen LogP contribution in [0.25, 0.3) is 0 Å². The zero-order chi connectivity index (χ0) is 19.9. The molecule has 8 nitrogen and oxygen atoms in total. The number of methoxy groups -OCH3 is 1. The van der Waals surface area contributed by atoms with Crippen molar-refractivity contribution < 1.29 is 42.1 Å². The second-order valence-corrected chi connectivity index (χ2v) is 6.28. The van der Waals surface area contributed by atoms with Gasteiger partial charge in [0.2, 0.25) is 0 Å². The van der Waals surface area contributed by atoms with E-state index in [9.17, 15) is 22.8 Å². The first kappa shape index (κ1) is 23.0. The zero-order valence-electron chi connectivity index (χ0n) is 14.5. The predicted octanol–water partition coefficient (Wildman–Crippen LogP) is 1.44. The number of ether oxygens (including phenoxy) is 2. The van der Waals surface area contributed by atoms with E-state index in [0.29, 0.717) is 13.0 Å². The standard InChI is InChI=1S/C12H22N2O4.C2HF3O2/c1-11(2,3)18-10(16)14-12(9(15)17-4)6-5-7-13-8-12;3-2(4,5)1(6)7/h13H,5-8H2,1-4H3,(H,14,16);(H,6,7). The maximum Gasteiger partial charge on any atom is 0.490 e. The fourth-order valence-corrected chi connectivity index (χ4v) is 1.93. The average Bonchev–Trinajstić information content (AvgIpc) is 2.44. The Balaban J connectivity index is 0.000000697. The van der Waals surface area contributed by atoms with Crippen molar-refractivity contribution in [3.8, 4) is 0 Å². The minimum atomic E-state index is -5.08. The number of nitrogens with one attached hydrogen (secondary N) is 2. The van der Waals surface area contributed by atoms with Crippen molar-refractivity contribution in [1.29, 1.82) is 0 Å². The van der Waals surface area contributed by atoms with Crippen molar-refractivity contribution in [2.75, 3.05) is 20.2 Å². The van der Waals surface area contributed by atoms with Crippen molar-refractivity contribution in [1.82, 2.24) is 10.6 Å². The topological polar surface area (TPSA) is 114 Å². The molecule has 1 rings (SSSR count). The highest BCUT2D eigenvalue weighted by Gasteiger charge is 2.43. The molecule has 0 saturated carbocycles. The van der Waals surface area contributed by atoms with Crippen molar-refractivity contribution in [2.24, 2.45) is 0 Å². The number of carbonyl (C=O) groups is 3. The Morgan fingerprint density at radius 3 is 2.04 bits per heavy atom. The maximum absolute atomic E-state index is 11.9. The largest absolute Gasteiger partial charge is 0.490 e. The number of hydrogen-bond donors (Lipinski definition) is 3. The van der Waals surface area contributed by atoms with Gasteiger partial charge in [-0.2, -0.15) is 13.2 Å². The summed E-state index contributed by atoms with van der Waals surface area (Å²) >= 11 is 0. The highest BCUT2D eigenvalue weighted by atomic mass is 19.4. The number of carboxylic acid groups (broad SMARTS) is 1. The number of piperidine rings is 1. The van der Waals surface area contributed by atoms with Crippen LogP contribution in [0, 0.1) is 0 Å². The van der Waals surface area contributed by atoms with Crippen LogP contribution in [0.1, 0.15) is 33.6 Å². The van der Waals surface area contributed by atoms with E-state index in [-0.39, 0.29) is 0 Å². The van der Waals surface area contributed by atoms with Crippen LogP contribution in [0.2, 0.25) is 0 Å². The lowest BCUT2D eigenvalue weighted by Crippen LogP contribution is -2.63. The monoisotopic (exact) mass is 372 g/mol. The van der Waals surface area contributed by atoms with Gasteiger partial charge in [-0.05, 0) is 40.2 Å². The third-order valence-electron chi connectivity index (χ3n) is 2.94. The first-order valence-corrected chi connectivity index (χ1v) is 7.34. The molecule has 0 aromatic rings. The van der Waals surface area contributed by atoms with Crippen molar-refractivity contribution in [3.63, 3.8) is 0 Å². The van der Waals surface area contributed by atoms with E-state index in [0.717, 1.165) is 13.0 Å². The third-order valence-corrected chi connectivity index (χ3v) is 2.94. The second kappa shape index (κ2) is 8.88. The SMILES string of the molecule is COC(=O)C1(NC(=O)OC(C)(C)C)CCCNC1.O=C(O)C(F)(F)F. The Morgan fingerprint density at radius 1 is 1.20 bits per heavy atom. The summed E-state index contributed by atoms with van der Waals surface area (Å²) in [5.74, 6) is -3.20. The molecule has 1 fully saturated rings. The molecule has 11 heteroatoms. The summed E-state index contributed by atoms with van der Waals surface area (Å²) in [6.45, 7) is 6.51. The average molecular weight is 372 g/mol. The van der Waals surface area contributed by atoms with Crippen LogP contribution in [-0.2, 0) is 19.1 Å². The molecule has 0 radical (unpaired) electrons. The number of alkyl halides is 3. The van der Waals surface area contributed by atoms with Crippen LogP contribution in [0.15, 0.2) is 0 Å². The minimum Gasteiger partial charge on any atom is -0.475 e. The molecule has 25 heavy (non-hydrogen) atoms. The second-order valence-electron chi connectivity index (χ2n) is 6.28. The summed E-state index contributed by atoms with van der Waals surface area (Å²) in [5.41, 5.74) is -1.61. The molecule has 1 aliphatic heterocycles. The Morgan fingerprint density at radius 2 is 1.72 bits per heavy atom. The van der Waals surface area contributed by atoms with Gasteiger partial charge in [0.25, 0.3) is 0 Å². The molecule has 0 aromatic carbocycles. The Hall–Kier alpha value is -2.04. The molecular formula is C14H23F3N2O6. The van der Waals surface area contributed by atoms with E-state index < -0.39 is 35.3 Å². The molecule has 0 spiro atoms. The lowest BCUT2D eigenvalue weighted by atomic mass is 9.90. The Bertz CT molecular complexity index is 482. The molecule has 0 bridgehead atoms. The number of esters is 1. The molecule has 146 valence electrons. The molecule has 0 aromatic heterocycles. The van der Waals surface area contributed by atoms with Gasteiger partial charge in [-0.25, -0.2) is 14.4 Å². The van der Waals surface area contributed by atoms with Gasteiger partial charge in [0.1, 0.15) is 5.60 Å². The first-order chi connectivity index (χ1) is 11.2. The number of carbonyl (C=O) groups excluding carboxylic acids is 2. The van der Waals surface area contributed by atoms with E-state index >= 15 is 0 Å². The van der Waals surface area contributed by atoms with Gasteiger partial charge < -0.3 is 25.2 Å². The van der Waals surface area contributed by atoms with Crippen molar-refractivity contribution in [2.45, 2.75) is 50.9 Å². The zero-order valence-corrected chi connectivity index (χ0v) is 14.5. The van der Waals surface area contributed by atoms with Crippen LogP contribution in [-0.4, -0.2) is 60.7 Å². The highest BCUT2D eigenvalue weighted by molar-refractivity contribution is 5.86. The fraction of sp³-hybridized carbons (Fsp3) is 0.786. The molecule has 1 amide bonds. The smallest absolute Gasteiger partial charge is 0.475 e. The number of hydrogen-bond acceptors (Lipinski definition) is 6. The molecule has 1 unspecified atom stereocenters. The van der Waals surface area contributed by atoms with E-state index in [4.69, 9.17) is 19.4 Å². The summed E-state index contributed by atoms with van der Waals surface area (Å²) in [5, 5.41) is 12.9. The maximum atomic E-state index is 11.9. The first-order valence-electron chi connectivity index (χ1n) is 7.34. The van der Waals surface area contributed by atoms with E-state index in [2.05, 4.69) is 10.6 Å². The Labute approximate surface area is 143 Å². The fourth-order valence-electron chi connectivity index (χ4n) is 1.93. The number of carboxylic acids is 1. The van der Waals surface area contributed by atoms with Crippen LogP contribution in [0.3, 0.4) is 0 Å². The highest BCUT2D eigenvalue weighted by Crippen LogP contribution is 2.19. The van der Waals surface area contributed by atoms with Gasteiger partial charge in [0.15, 0.2) is 5.54 Å². The molecular weight excluding hydrogens is 349 g/mol. The Kier molecular flexibility index (Phi) is 8.16. The normalized spacial score (nSPS) is 20.6. The van der Waals surface area contributed by atoms with Crippen LogP contribution < -0.4 is 10.6 Å². The molecule has 1 heterocycles. The van der Waals surface area contributed by atoms with E-state index in [1.807, 2.05) is 0 Å². The quantitative estimate of drug-likeness (QED) is 0.629. The predicted molar refractivity (Wildman–Crippen MR) is 79.9 cm³/mol. The lowest BCUT2D eigenvalue weighted by molar-refractivity contribution is -0.192. The number of aliphatic carboxylic acids is 1. The van der Waals surface area contributed by atoms with Crippen molar-refractivity contribution >= 4 is 18.0 Å². The van der Waals surface area contributed by atoms with Gasteiger partial charge in [-0.3, -0.25) is 0 Å². The summed E-state index contributed by atoms with van der Waals surface area (Å²) in [4.78, 5) is 32.5. The number of amides is 1. The van der Waals surface area contributed by atoms with Gasteiger partial charge in [-0.15, -0.1) is 0 Å². The van der Waals surface area contributed by atoms with Gasteiger partial charge >= 0.3 is 24.2 Å². The van der Waals surface area contributed by atoms with Crippen LogP contribution >= 0.6 is 0 Å². The summed E-state index contributed by atoms with van der Waals surface area (Å²) < 4.78 is 41.7. The van der Waals surface area contributed by atoms with Crippen molar-refractivity contribution in [3.05, 3.63) is 0 Å². The molecule has 1 aliphatic rings. The number of rotatable bonds is 2. The van der Waals surface area contributed by atoms with E-state index in [1.54, 1.807) is 20.8 Å². The number of halogens is 3. The molecule has 0 aliphatic carbocycles. The van der Waals surface area contributed by atoms with Gasteiger partial charge in [-0.1, -0.05) is 0 Å². The lowest BCUT2D eigenvalue weighted by Gasteiger charge is -2.36. The minimum absolute atomic E-state index is 0.360. The molecule has 1 atom stereocenters. The van der Waals surface area contributed by atoms with Gasteiger partial charge in [0.05, 0.1) is 7.11 Å². The van der Waals surface area contributed by atoms with E-state index in [1.165, 1.54) is 7.11 Å². The van der Waals surface area contributed by atoms with Crippen LogP contribution in [0.4, 0.5) is 18.0 Å². The molecule has 3 N–H and O–H groups in total. The number of alkyl carbamates (subject to hydrolysis) is 1. The third kappa shape index (κ3) is 8.57. The van der Waals surface area contributed by atoms with Crippen LogP contribution in [0.5, 0.6) is 0 Å².